The number of para-hydroxylation sites is 3. The van der Waals surface area contributed by atoms with Crippen molar-refractivity contribution in [3.05, 3.63) is 78.9 Å². The Kier molecular flexibility index (Phi) is 7.26. The van der Waals surface area contributed by atoms with Crippen LogP contribution in [0.4, 0.5) is 5.69 Å². The summed E-state index contributed by atoms with van der Waals surface area (Å²) in [5.74, 6) is 1.21. The second-order valence-electron chi connectivity index (χ2n) is 7.82. The molecular weight excluding hydrogens is 440 g/mol. The third-order valence-corrected chi connectivity index (χ3v) is 6.85. The van der Waals surface area contributed by atoms with E-state index in [1.54, 1.807) is 30.3 Å². The van der Waals surface area contributed by atoms with E-state index in [1.165, 1.54) is 12.1 Å². The Morgan fingerprint density at radius 2 is 1.52 bits per heavy atom. The number of nitrogens with one attached hydrogen (secondary N) is 2. The number of sulfonamides is 1. The number of amides is 1. The van der Waals surface area contributed by atoms with Crippen LogP contribution in [0.2, 0.25) is 0 Å². The normalized spacial score (nSPS) is 14.1. The molecule has 0 aromatic heterocycles. The molecule has 7 nitrogen and oxygen atoms in total. The molecule has 3 aromatic rings. The fourth-order valence-electron chi connectivity index (χ4n) is 3.66. The van der Waals surface area contributed by atoms with Gasteiger partial charge in [0.1, 0.15) is 11.5 Å². The SMILES string of the molecule is O=C(COc1ccc(S(=O)(=O)NC2CCCC2)cc1)Nc1ccccc1Oc1ccccc1. The lowest BCUT2D eigenvalue weighted by Gasteiger charge is -2.14. The van der Waals surface area contributed by atoms with Crippen LogP contribution in [-0.2, 0) is 14.8 Å². The Balaban J connectivity index is 1.32. The highest BCUT2D eigenvalue weighted by atomic mass is 32.2. The predicted octanol–water partition coefficient (Wildman–Crippen LogP) is 4.72. The van der Waals surface area contributed by atoms with Crippen molar-refractivity contribution >= 4 is 21.6 Å². The molecule has 0 radical (unpaired) electrons. The van der Waals surface area contributed by atoms with E-state index >= 15 is 0 Å². The fourth-order valence-corrected chi connectivity index (χ4v) is 4.96. The van der Waals surface area contributed by atoms with Gasteiger partial charge in [-0.15, -0.1) is 0 Å². The molecule has 0 spiro atoms. The Hall–Kier alpha value is -3.36. The number of hydrogen-bond donors (Lipinski definition) is 2. The molecule has 0 aliphatic heterocycles. The summed E-state index contributed by atoms with van der Waals surface area (Å²) in [6.45, 7) is -0.230. The van der Waals surface area contributed by atoms with Crippen LogP contribution in [0.15, 0.2) is 83.8 Å². The van der Waals surface area contributed by atoms with Crippen molar-refractivity contribution in [2.45, 2.75) is 36.6 Å². The topological polar surface area (TPSA) is 93.7 Å². The zero-order valence-corrected chi connectivity index (χ0v) is 18.9. The maximum Gasteiger partial charge on any atom is 0.262 e. The van der Waals surface area contributed by atoms with Gasteiger partial charge in [-0.1, -0.05) is 43.2 Å². The molecule has 1 aliphatic rings. The summed E-state index contributed by atoms with van der Waals surface area (Å²) < 4.78 is 39.1. The van der Waals surface area contributed by atoms with Crippen molar-refractivity contribution < 1.29 is 22.7 Å². The van der Waals surface area contributed by atoms with Gasteiger partial charge in [0.15, 0.2) is 12.4 Å². The van der Waals surface area contributed by atoms with Crippen LogP contribution in [0.5, 0.6) is 17.2 Å². The zero-order valence-electron chi connectivity index (χ0n) is 18.1. The van der Waals surface area contributed by atoms with E-state index in [1.807, 2.05) is 36.4 Å². The van der Waals surface area contributed by atoms with Gasteiger partial charge in [0.05, 0.1) is 10.6 Å². The largest absolute Gasteiger partial charge is 0.484 e. The summed E-state index contributed by atoms with van der Waals surface area (Å²) in [4.78, 5) is 12.6. The van der Waals surface area contributed by atoms with E-state index < -0.39 is 10.0 Å². The quantitative estimate of drug-likeness (QED) is 0.476. The molecule has 1 aliphatic carbocycles. The summed E-state index contributed by atoms with van der Waals surface area (Å²) in [7, 11) is -3.56. The van der Waals surface area contributed by atoms with Gasteiger partial charge in [0, 0.05) is 6.04 Å². The van der Waals surface area contributed by atoms with E-state index in [2.05, 4.69) is 10.0 Å². The highest BCUT2D eigenvalue weighted by Gasteiger charge is 2.22. The van der Waals surface area contributed by atoms with E-state index in [0.29, 0.717) is 22.9 Å². The van der Waals surface area contributed by atoms with Gasteiger partial charge >= 0.3 is 0 Å². The average Bonchev–Trinajstić information content (AvgIpc) is 3.32. The number of carbonyl (C=O) groups is 1. The first-order valence-electron chi connectivity index (χ1n) is 10.9. The van der Waals surface area contributed by atoms with Gasteiger partial charge in [-0.25, -0.2) is 13.1 Å². The summed E-state index contributed by atoms with van der Waals surface area (Å²) in [6, 6.07) is 22.5. The molecule has 0 saturated heterocycles. The lowest BCUT2D eigenvalue weighted by Crippen LogP contribution is -2.32. The van der Waals surface area contributed by atoms with Gasteiger partial charge in [-0.3, -0.25) is 4.79 Å². The maximum atomic E-state index is 12.5. The molecule has 33 heavy (non-hydrogen) atoms. The monoisotopic (exact) mass is 466 g/mol. The van der Waals surface area contributed by atoms with Gasteiger partial charge in [0.25, 0.3) is 5.91 Å². The van der Waals surface area contributed by atoms with E-state index in [0.717, 1.165) is 25.7 Å². The molecule has 0 atom stereocenters. The van der Waals surface area contributed by atoms with Crippen LogP contribution in [0.3, 0.4) is 0 Å². The van der Waals surface area contributed by atoms with Gasteiger partial charge < -0.3 is 14.8 Å². The number of rotatable bonds is 9. The minimum atomic E-state index is -3.56. The summed E-state index contributed by atoms with van der Waals surface area (Å²) >= 11 is 0. The lowest BCUT2D eigenvalue weighted by atomic mass is 10.3. The number of anilines is 1. The minimum absolute atomic E-state index is 0.00312. The molecule has 8 heteroatoms. The van der Waals surface area contributed by atoms with Crippen molar-refractivity contribution in [3.63, 3.8) is 0 Å². The summed E-state index contributed by atoms with van der Waals surface area (Å²) in [6.07, 6.45) is 3.83. The Bertz CT molecular complexity index is 1170. The highest BCUT2D eigenvalue weighted by molar-refractivity contribution is 7.89. The molecule has 0 heterocycles. The predicted molar refractivity (Wildman–Crippen MR) is 126 cm³/mol. The second-order valence-corrected chi connectivity index (χ2v) is 9.54. The molecule has 1 saturated carbocycles. The first kappa shape index (κ1) is 22.8. The molecule has 1 fully saturated rings. The van der Waals surface area contributed by atoms with Gasteiger partial charge in [0.2, 0.25) is 10.0 Å². The first-order valence-corrected chi connectivity index (χ1v) is 12.3. The number of hydrogen-bond acceptors (Lipinski definition) is 5. The van der Waals surface area contributed by atoms with Crippen LogP contribution >= 0.6 is 0 Å². The number of ether oxygens (including phenoxy) is 2. The third kappa shape index (κ3) is 6.34. The second kappa shape index (κ2) is 10.5. The molecule has 2 N–H and O–H groups in total. The van der Waals surface area contributed by atoms with Gasteiger partial charge in [-0.2, -0.15) is 0 Å². The third-order valence-electron chi connectivity index (χ3n) is 5.31. The standard InChI is InChI=1S/C25H26N2O5S/c28-25(26-23-12-6-7-13-24(23)32-21-10-2-1-3-11-21)18-31-20-14-16-22(17-15-20)33(29,30)27-19-8-4-5-9-19/h1-3,6-7,10-17,19,27H,4-5,8-9,18H2,(H,26,28). The van der Waals surface area contributed by atoms with Crippen LogP contribution in [-0.4, -0.2) is 27.0 Å². The average molecular weight is 467 g/mol. The molecule has 0 bridgehead atoms. The summed E-state index contributed by atoms with van der Waals surface area (Å²) in [5.41, 5.74) is 0.523. The van der Waals surface area contributed by atoms with Crippen molar-refractivity contribution in [2.75, 3.05) is 11.9 Å². The molecule has 0 unspecified atom stereocenters. The highest BCUT2D eigenvalue weighted by Crippen LogP contribution is 2.29. The van der Waals surface area contributed by atoms with Crippen LogP contribution < -0.4 is 19.5 Å². The Morgan fingerprint density at radius 1 is 0.848 bits per heavy atom. The Labute approximate surface area is 193 Å². The molecule has 4 rings (SSSR count). The zero-order chi connectivity index (χ0) is 23.1. The lowest BCUT2D eigenvalue weighted by molar-refractivity contribution is -0.118. The van der Waals surface area contributed by atoms with E-state index in [4.69, 9.17) is 9.47 Å². The molecule has 172 valence electrons. The van der Waals surface area contributed by atoms with Crippen molar-refractivity contribution in [1.29, 1.82) is 0 Å². The van der Waals surface area contributed by atoms with Crippen LogP contribution in [0.25, 0.3) is 0 Å². The minimum Gasteiger partial charge on any atom is -0.484 e. The van der Waals surface area contributed by atoms with Gasteiger partial charge in [-0.05, 0) is 61.4 Å². The fraction of sp³-hybridized carbons (Fsp3) is 0.240. The van der Waals surface area contributed by atoms with Crippen molar-refractivity contribution in [2.24, 2.45) is 0 Å². The van der Waals surface area contributed by atoms with E-state index in [-0.39, 0.29) is 23.5 Å². The molecule has 3 aromatic carbocycles. The smallest absolute Gasteiger partial charge is 0.262 e. The first-order chi connectivity index (χ1) is 16.0. The van der Waals surface area contributed by atoms with E-state index in [9.17, 15) is 13.2 Å². The van der Waals surface area contributed by atoms with Crippen molar-refractivity contribution in [3.8, 4) is 17.2 Å². The summed E-state index contributed by atoms with van der Waals surface area (Å²) in [5, 5.41) is 2.78. The molecule has 1 amide bonds. The maximum absolute atomic E-state index is 12.5. The number of benzene rings is 3. The number of carbonyl (C=O) groups excluding carboxylic acids is 1. The van der Waals surface area contributed by atoms with Crippen LogP contribution in [0.1, 0.15) is 25.7 Å². The van der Waals surface area contributed by atoms with Crippen molar-refractivity contribution in [1.82, 2.24) is 4.72 Å². The molecular formula is C25H26N2O5S. The Morgan fingerprint density at radius 3 is 2.24 bits per heavy atom. The van der Waals surface area contributed by atoms with Crippen LogP contribution in [0, 0.1) is 0 Å².